The van der Waals surface area contributed by atoms with Gasteiger partial charge in [-0.3, -0.25) is 9.59 Å². The molecular weight excluding hydrogens is 272 g/mol. The molecule has 1 aromatic rings. The topological polar surface area (TPSA) is 76.7 Å². The van der Waals surface area contributed by atoms with E-state index in [1.807, 2.05) is 32.0 Å². The first-order valence-electron chi connectivity index (χ1n) is 6.76. The highest BCUT2D eigenvalue weighted by molar-refractivity contribution is 5.85. The van der Waals surface area contributed by atoms with Gasteiger partial charge in [0, 0.05) is 13.7 Å². The SMILES string of the molecule is COCCNC(=O)CNC(=O)COc1c(C)cccc1C. The number of hydrogen-bond donors (Lipinski definition) is 2. The first-order chi connectivity index (χ1) is 10.0. The molecule has 0 atom stereocenters. The van der Waals surface area contributed by atoms with E-state index in [-0.39, 0.29) is 25.0 Å². The van der Waals surface area contributed by atoms with Gasteiger partial charge in [-0.15, -0.1) is 0 Å². The number of carbonyl (C=O) groups excluding carboxylic acids is 2. The third-order valence-electron chi connectivity index (χ3n) is 2.83. The monoisotopic (exact) mass is 294 g/mol. The van der Waals surface area contributed by atoms with E-state index < -0.39 is 0 Å². The Labute approximate surface area is 124 Å². The summed E-state index contributed by atoms with van der Waals surface area (Å²) in [5.41, 5.74) is 1.94. The molecule has 0 saturated heterocycles. The van der Waals surface area contributed by atoms with Crippen LogP contribution in [0.4, 0.5) is 0 Å². The molecule has 0 bridgehead atoms. The molecule has 1 aromatic carbocycles. The second-order valence-corrected chi connectivity index (χ2v) is 4.63. The summed E-state index contributed by atoms with van der Waals surface area (Å²) < 4.78 is 10.3. The number of amides is 2. The van der Waals surface area contributed by atoms with Crippen LogP contribution >= 0.6 is 0 Å². The summed E-state index contributed by atoms with van der Waals surface area (Å²) in [5, 5.41) is 5.11. The number of hydrogen-bond acceptors (Lipinski definition) is 4. The molecule has 0 aliphatic carbocycles. The fourth-order valence-electron chi connectivity index (χ4n) is 1.75. The fourth-order valence-corrected chi connectivity index (χ4v) is 1.75. The Balaban J connectivity index is 2.30. The Morgan fingerprint density at radius 3 is 2.38 bits per heavy atom. The van der Waals surface area contributed by atoms with Gasteiger partial charge in [-0.05, 0) is 25.0 Å². The van der Waals surface area contributed by atoms with Crippen molar-refractivity contribution in [2.24, 2.45) is 0 Å². The van der Waals surface area contributed by atoms with Crippen LogP contribution in [0.3, 0.4) is 0 Å². The third-order valence-corrected chi connectivity index (χ3v) is 2.83. The van der Waals surface area contributed by atoms with Crippen molar-refractivity contribution in [2.75, 3.05) is 33.4 Å². The second kappa shape index (κ2) is 8.97. The molecule has 0 aromatic heterocycles. The van der Waals surface area contributed by atoms with Gasteiger partial charge in [-0.1, -0.05) is 18.2 Å². The molecule has 1 rings (SSSR count). The molecule has 116 valence electrons. The van der Waals surface area contributed by atoms with Gasteiger partial charge < -0.3 is 20.1 Å². The molecule has 2 N–H and O–H groups in total. The smallest absolute Gasteiger partial charge is 0.258 e. The van der Waals surface area contributed by atoms with E-state index in [4.69, 9.17) is 9.47 Å². The summed E-state index contributed by atoms with van der Waals surface area (Å²) in [7, 11) is 1.55. The first-order valence-corrected chi connectivity index (χ1v) is 6.76. The van der Waals surface area contributed by atoms with Crippen LogP contribution in [-0.4, -0.2) is 45.2 Å². The highest BCUT2D eigenvalue weighted by atomic mass is 16.5. The van der Waals surface area contributed by atoms with Crippen LogP contribution in [0.25, 0.3) is 0 Å². The Morgan fingerprint density at radius 2 is 1.76 bits per heavy atom. The average Bonchev–Trinajstić information content (AvgIpc) is 2.45. The molecule has 0 spiro atoms. The highest BCUT2D eigenvalue weighted by Crippen LogP contribution is 2.21. The molecule has 21 heavy (non-hydrogen) atoms. The average molecular weight is 294 g/mol. The zero-order chi connectivity index (χ0) is 15.7. The van der Waals surface area contributed by atoms with E-state index in [1.165, 1.54) is 0 Å². The quantitative estimate of drug-likeness (QED) is 0.687. The number of carbonyl (C=O) groups is 2. The first kappa shape index (κ1) is 17.0. The minimum atomic E-state index is -0.334. The number of aryl methyl sites for hydroxylation is 2. The summed E-state index contributed by atoms with van der Waals surface area (Å²) >= 11 is 0. The van der Waals surface area contributed by atoms with Gasteiger partial charge >= 0.3 is 0 Å². The molecule has 2 amide bonds. The molecule has 0 radical (unpaired) electrons. The predicted molar refractivity (Wildman–Crippen MR) is 79.3 cm³/mol. The molecule has 6 nitrogen and oxygen atoms in total. The molecule has 6 heteroatoms. The number of benzene rings is 1. The van der Waals surface area contributed by atoms with Crippen molar-refractivity contribution < 1.29 is 19.1 Å². The summed E-state index contributed by atoms with van der Waals surface area (Å²) in [4.78, 5) is 23.0. The third kappa shape index (κ3) is 6.27. The minimum Gasteiger partial charge on any atom is -0.483 e. The zero-order valence-electron chi connectivity index (χ0n) is 12.7. The van der Waals surface area contributed by atoms with Crippen LogP contribution in [0, 0.1) is 13.8 Å². The van der Waals surface area contributed by atoms with E-state index in [0.717, 1.165) is 11.1 Å². The van der Waals surface area contributed by atoms with Crippen molar-refractivity contribution in [3.8, 4) is 5.75 Å². The van der Waals surface area contributed by atoms with Gasteiger partial charge in [0.25, 0.3) is 5.91 Å². The van der Waals surface area contributed by atoms with Crippen molar-refractivity contribution >= 4 is 11.8 Å². The largest absolute Gasteiger partial charge is 0.483 e. The van der Waals surface area contributed by atoms with Crippen molar-refractivity contribution in [3.63, 3.8) is 0 Å². The van der Waals surface area contributed by atoms with Crippen LogP contribution in [0.1, 0.15) is 11.1 Å². The molecule has 0 fully saturated rings. The van der Waals surface area contributed by atoms with Gasteiger partial charge in [-0.25, -0.2) is 0 Å². The van der Waals surface area contributed by atoms with Gasteiger partial charge in [-0.2, -0.15) is 0 Å². The Hall–Kier alpha value is -2.08. The summed E-state index contributed by atoms with van der Waals surface area (Å²) in [6.45, 7) is 4.52. The number of ether oxygens (including phenoxy) is 2. The van der Waals surface area contributed by atoms with Gasteiger partial charge in [0.15, 0.2) is 6.61 Å². The molecule has 0 unspecified atom stereocenters. The highest BCUT2D eigenvalue weighted by Gasteiger charge is 2.08. The van der Waals surface area contributed by atoms with Gasteiger partial charge in [0.05, 0.1) is 13.2 Å². The lowest BCUT2D eigenvalue weighted by Crippen LogP contribution is -2.39. The Morgan fingerprint density at radius 1 is 1.10 bits per heavy atom. The predicted octanol–water partition coefficient (Wildman–Crippen LogP) is 0.561. The zero-order valence-corrected chi connectivity index (χ0v) is 12.7. The standard InChI is InChI=1S/C15H22N2O4/c1-11-5-4-6-12(2)15(11)21-10-14(19)17-9-13(18)16-7-8-20-3/h4-6H,7-10H2,1-3H3,(H,16,18)(H,17,19). The van der Waals surface area contributed by atoms with E-state index >= 15 is 0 Å². The van der Waals surface area contributed by atoms with E-state index in [0.29, 0.717) is 18.9 Å². The van der Waals surface area contributed by atoms with Crippen LogP contribution in [0.15, 0.2) is 18.2 Å². The molecule has 0 aliphatic rings. The molecule has 0 aliphatic heterocycles. The van der Waals surface area contributed by atoms with E-state index in [1.54, 1.807) is 7.11 Å². The van der Waals surface area contributed by atoms with E-state index in [9.17, 15) is 9.59 Å². The lowest BCUT2D eigenvalue weighted by molar-refractivity contribution is -0.127. The summed E-state index contributed by atoms with van der Waals surface area (Å²) in [6, 6.07) is 5.77. The maximum Gasteiger partial charge on any atom is 0.258 e. The van der Waals surface area contributed by atoms with Crippen LogP contribution in [-0.2, 0) is 14.3 Å². The second-order valence-electron chi connectivity index (χ2n) is 4.63. The summed E-state index contributed by atoms with van der Waals surface area (Å²) in [5.74, 6) is 0.115. The van der Waals surface area contributed by atoms with Gasteiger partial charge in [0.1, 0.15) is 5.75 Å². The van der Waals surface area contributed by atoms with Crippen molar-refractivity contribution in [1.82, 2.24) is 10.6 Å². The number of para-hydroxylation sites is 1. The Bertz CT molecular complexity index is 468. The Kier molecular flexibility index (Phi) is 7.25. The molecular formula is C15H22N2O4. The molecule has 0 heterocycles. The number of rotatable bonds is 8. The maximum absolute atomic E-state index is 11.6. The van der Waals surface area contributed by atoms with Gasteiger partial charge in [0.2, 0.25) is 5.91 Å². The van der Waals surface area contributed by atoms with E-state index in [2.05, 4.69) is 10.6 Å². The lowest BCUT2D eigenvalue weighted by atomic mass is 10.1. The summed E-state index contributed by atoms with van der Waals surface area (Å²) in [6.07, 6.45) is 0. The van der Waals surface area contributed by atoms with Crippen LogP contribution in [0.2, 0.25) is 0 Å². The number of methoxy groups -OCH3 is 1. The minimum absolute atomic E-state index is 0.0708. The maximum atomic E-state index is 11.6. The van der Waals surface area contributed by atoms with Crippen molar-refractivity contribution in [1.29, 1.82) is 0 Å². The fraction of sp³-hybridized carbons (Fsp3) is 0.467. The van der Waals surface area contributed by atoms with Crippen molar-refractivity contribution in [2.45, 2.75) is 13.8 Å². The lowest BCUT2D eigenvalue weighted by Gasteiger charge is -2.12. The van der Waals surface area contributed by atoms with Crippen LogP contribution in [0.5, 0.6) is 5.75 Å². The van der Waals surface area contributed by atoms with Crippen molar-refractivity contribution in [3.05, 3.63) is 29.3 Å². The number of nitrogens with one attached hydrogen (secondary N) is 2. The molecule has 0 saturated carbocycles. The van der Waals surface area contributed by atoms with Crippen LogP contribution < -0.4 is 15.4 Å². The normalized spacial score (nSPS) is 10.0.